The predicted molar refractivity (Wildman–Crippen MR) is 78.9 cm³/mol. The van der Waals surface area contributed by atoms with Gasteiger partial charge in [-0.2, -0.15) is 0 Å². The van der Waals surface area contributed by atoms with Crippen molar-refractivity contribution in [3.8, 4) is 17.2 Å². The van der Waals surface area contributed by atoms with E-state index in [9.17, 15) is 15.0 Å². The van der Waals surface area contributed by atoms with E-state index in [1.807, 2.05) is 0 Å². The van der Waals surface area contributed by atoms with Crippen LogP contribution in [0.5, 0.6) is 17.2 Å². The maximum Gasteiger partial charge on any atom is 0.235 e. The van der Waals surface area contributed by atoms with E-state index < -0.39 is 5.78 Å². The number of phenols is 2. The average molecular weight is 303 g/mol. The molecule has 1 heterocycles. The molecule has 0 saturated carbocycles. The van der Waals surface area contributed by atoms with Gasteiger partial charge in [-0.15, -0.1) is 0 Å². The second-order valence-electron chi connectivity index (χ2n) is 4.74. The molecule has 106 valence electrons. The highest BCUT2D eigenvalue weighted by atomic mass is 35.5. The highest BCUT2D eigenvalue weighted by Crippen LogP contribution is 2.44. The molecular formula is C16H11ClO4. The fourth-order valence-corrected chi connectivity index (χ4v) is 2.29. The van der Waals surface area contributed by atoms with Crippen molar-refractivity contribution in [2.45, 2.75) is 6.92 Å². The minimum absolute atomic E-state index is 0.0745. The molecule has 2 aromatic carbocycles. The number of rotatable bonds is 1. The van der Waals surface area contributed by atoms with Gasteiger partial charge in [0.1, 0.15) is 22.8 Å². The number of phenolic OH excluding ortho intramolecular Hbond substituents is 2. The number of carbonyl (C=O) groups excluding carboxylic acids is 1. The Morgan fingerprint density at radius 1 is 1.14 bits per heavy atom. The summed E-state index contributed by atoms with van der Waals surface area (Å²) in [6.45, 7) is 1.62. The second-order valence-corrected chi connectivity index (χ2v) is 5.17. The largest absolute Gasteiger partial charge is 0.507 e. The summed E-state index contributed by atoms with van der Waals surface area (Å²) < 4.78 is 5.50. The van der Waals surface area contributed by atoms with Crippen molar-refractivity contribution in [2.75, 3.05) is 0 Å². The summed E-state index contributed by atoms with van der Waals surface area (Å²) in [6, 6.07) is 8.04. The lowest BCUT2D eigenvalue weighted by atomic mass is 10.0. The standard InChI is InChI=1S/C16H11ClO4/c1-8-11(18)7-12(19)14-15(20)13(21-16(8)14)6-9-2-4-10(17)5-3-9/h2-7,18-19H,1H3/b13-6-. The molecule has 1 aliphatic rings. The van der Waals surface area contributed by atoms with Crippen LogP contribution in [0.25, 0.3) is 6.08 Å². The summed E-state index contributed by atoms with van der Waals surface area (Å²) in [5.74, 6) is -0.543. The van der Waals surface area contributed by atoms with Gasteiger partial charge < -0.3 is 14.9 Å². The maximum absolute atomic E-state index is 12.3. The van der Waals surface area contributed by atoms with Gasteiger partial charge in [0.15, 0.2) is 5.76 Å². The van der Waals surface area contributed by atoms with Gasteiger partial charge in [-0.1, -0.05) is 23.7 Å². The average Bonchev–Trinajstić information content (AvgIpc) is 2.77. The zero-order valence-corrected chi connectivity index (χ0v) is 11.8. The van der Waals surface area contributed by atoms with Crippen molar-refractivity contribution >= 4 is 23.5 Å². The molecule has 0 bridgehead atoms. The molecule has 21 heavy (non-hydrogen) atoms. The first-order valence-corrected chi connectivity index (χ1v) is 6.60. The number of ketones is 1. The first kappa shape index (κ1) is 13.5. The Balaban J connectivity index is 2.06. The Bertz CT molecular complexity index is 776. The summed E-state index contributed by atoms with van der Waals surface area (Å²) in [7, 11) is 0. The van der Waals surface area contributed by atoms with E-state index in [0.717, 1.165) is 11.6 Å². The second kappa shape index (κ2) is 4.82. The van der Waals surface area contributed by atoms with Crippen molar-refractivity contribution in [3.63, 3.8) is 0 Å². The normalized spacial score (nSPS) is 15.1. The fourth-order valence-electron chi connectivity index (χ4n) is 2.16. The minimum atomic E-state index is -0.416. The van der Waals surface area contributed by atoms with Crippen molar-refractivity contribution in [2.24, 2.45) is 0 Å². The first-order chi connectivity index (χ1) is 9.97. The van der Waals surface area contributed by atoms with Crippen molar-refractivity contribution < 1.29 is 19.7 Å². The zero-order valence-electron chi connectivity index (χ0n) is 11.1. The molecule has 0 spiro atoms. The molecule has 0 saturated heterocycles. The Labute approximate surface area is 125 Å². The number of benzene rings is 2. The van der Waals surface area contributed by atoms with E-state index in [4.69, 9.17) is 16.3 Å². The molecule has 0 unspecified atom stereocenters. The van der Waals surface area contributed by atoms with Crippen molar-refractivity contribution in [1.82, 2.24) is 0 Å². The predicted octanol–water partition coefficient (Wildman–Crippen LogP) is 3.68. The molecular weight excluding hydrogens is 292 g/mol. The summed E-state index contributed by atoms with van der Waals surface area (Å²) in [5.41, 5.74) is 1.23. The first-order valence-electron chi connectivity index (χ1n) is 6.22. The monoisotopic (exact) mass is 302 g/mol. The molecule has 0 radical (unpaired) electrons. The van der Waals surface area contributed by atoms with Crippen LogP contribution in [0.3, 0.4) is 0 Å². The molecule has 2 N–H and O–H groups in total. The Kier molecular flexibility index (Phi) is 3.11. The molecule has 0 amide bonds. The number of fused-ring (bicyclic) bond motifs is 1. The lowest BCUT2D eigenvalue weighted by molar-refractivity contribution is 0.101. The summed E-state index contributed by atoms with van der Waals surface area (Å²) in [4.78, 5) is 12.3. The van der Waals surface area contributed by atoms with Crippen LogP contribution in [0.4, 0.5) is 0 Å². The zero-order chi connectivity index (χ0) is 15.1. The highest BCUT2D eigenvalue weighted by molar-refractivity contribution is 6.30. The van der Waals surface area contributed by atoms with E-state index >= 15 is 0 Å². The maximum atomic E-state index is 12.3. The van der Waals surface area contributed by atoms with Crippen LogP contribution >= 0.6 is 11.6 Å². The van der Waals surface area contributed by atoms with Gasteiger partial charge in [-0.25, -0.2) is 0 Å². The van der Waals surface area contributed by atoms with Crippen LogP contribution < -0.4 is 4.74 Å². The molecule has 2 aromatic rings. The third-order valence-corrected chi connectivity index (χ3v) is 3.56. The number of allylic oxidation sites excluding steroid dienone is 1. The van der Waals surface area contributed by atoms with Crippen molar-refractivity contribution in [1.29, 1.82) is 0 Å². The van der Waals surface area contributed by atoms with Gasteiger partial charge in [0, 0.05) is 16.7 Å². The van der Waals surface area contributed by atoms with Crippen LogP contribution in [-0.2, 0) is 0 Å². The molecule has 0 aromatic heterocycles. The minimum Gasteiger partial charge on any atom is -0.507 e. The summed E-state index contributed by atoms with van der Waals surface area (Å²) in [5, 5.41) is 20.1. The van der Waals surface area contributed by atoms with Crippen LogP contribution in [0.1, 0.15) is 21.5 Å². The Hall–Kier alpha value is -2.46. The topological polar surface area (TPSA) is 66.8 Å². The van der Waals surface area contributed by atoms with E-state index in [1.165, 1.54) is 0 Å². The van der Waals surface area contributed by atoms with Gasteiger partial charge >= 0.3 is 0 Å². The smallest absolute Gasteiger partial charge is 0.235 e. The quantitative estimate of drug-likeness (QED) is 0.789. The fraction of sp³-hybridized carbons (Fsp3) is 0.0625. The van der Waals surface area contributed by atoms with Crippen molar-refractivity contribution in [3.05, 3.63) is 57.8 Å². The summed E-state index contributed by atoms with van der Waals surface area (Å²) >= 11 is 5.81. The molecule has 3 rings (SSSR count). The van der Waals surface area contributed by atoms with Crippen LogP contribution in [-0.4, -0.2) is 16.0 Å². The van der Waals surface area contributed by atoms with E-state index in [1.54, 1.807) is 37.3 Å². The molecule has 0 atom stereocenters. The summed E-state index contributed by atoms with van der Waals surface area (Å²) in [6.07, 6.45) is 1.56. The molecule has 0 fully saturated rings. The van der Waals surface area contributed by atoms with Gasteiger partial charge in [-0.3, -0.25) is 4.79 Å². The molecule has 0 aliphatic carbocycles. The number of aromatic hydroxyl groups is 2. The van der Waals surface area contributed by atoms with E-state index in [-0.39, 0.29) is 28.6 Å². The lowest BCUT2D eigenvalue weighted by Gasteiger charge is -2.05. The Morgan fingerprint density at radius 2 is 1.81 bits per heavy atom. The number of halogens is 1. The Morgan fingerprint density at radius 3 is 2.48 bits per heavy atom. The van der Waals surface area contributed by atoms with Crippen LogP contribution in [0, 0.1) is 6.92 Å². The van der Waals surface area contributed by atoms with E-state index in [2.05, 4.69) is 0 Å². The van der Waals surface area contributed by atoms with Gasteiger partial charge in [0.05, 0.1) is 0 Å². The third kappa shape index (κ3) is 2.23. The lowest BCUT2D eigenvalue weighted by Crippen LogP contribution is -1.98. The molecule has 4 nitrogen and oxygen atoms in total. The van der Waals surface area contributed by atoms with Crippen LogP contribution in [0.2, 0.25) is 5.02 Å². The van der Waals surface area contributed by atoms with Gasteiger partial charge in [0.25, 0.3) is 0 Å². The highest BCUT2D eigenvalue weighted by Gasteiger charge is 2.33. The number of Topliss-reactive ketones (excluding diaryl/α,β-unsaturated/α-hetero) is 1. The SMILES string of the molecule is Cc1c(O)cc(O)c2c1O/C(=C\c1ccc(Cl)cc1)C2=O. The number of ether oxygens (including phenoxy) is 1. The number of hydrogen-bond acceptors (Lipinski definition) is 4. The molecule has 1 aliphatic heterocycles. The third-order valence-electron chi connectivity index (χ3n) is 3.31. The van der Waals surface area contributed by atoms with E-state index in [0.29, 0.717) is 10.6 Å². The van der Waals surface area contributed by atoms with Crippen LogP contribution in [0.15, 0.2) is 36.1 Å². The van der Waals surface area contributed by atoms with Gasteiger partial charge in [-0.05, 0) is 30.7 Å². The number of hydrogen-bond donors (Lipinski definition) is 2. The number of carbonyl (C=O) groups is 1. The molecule has 5 heteroatoms. The van der Waals surface area contributed by atoms with Gasteiger partial charge in [0.2, 0.25) is 5.78 Å².